The van der Waals surface area contributed by atoms with Gasteiger partial charge in [-0.1, -0.05) is 29.8 Å². The summed E-state index contributed by atoms with van der Waals surface area (Å²) in [4.78, 5) is 18.6. The molecule has 0 fully saturated rings. The number of benzene rings is 1. The Morgan fingerprint density at radius 1 is 1.26 bits per heavy atom. The van der Waals surface area contributed by atoms with Gasteiger partial charge in [-0.25, -0.2) is 4.98 Å². The molecule has 0 spiro atoms. The third-order valence-corrected chi connectivity index (χ3v) is 5.44. The van der Waals surface area contributed by atoms with Crippen molar-refractivity contribution in [2.45, 2.75) is 13.0 Å². The minimum absolute atomic E-state index is 0.0343. The predicted molar refractivity (Wildman–Crippen MR) is 97.1 cm³/mol. The molecule has 3 rings (SSSR count). The van der Waals surface area contributed by atoms with Gasteiger partial charge >= 0.3 is 0 Å². The standard InChI is InChI=1S/C17H15ClN2OS2/c1-20(9-12-4-2-3-5-15(12)18)16(21)8-14-11-23-17(19-14)13-6-7-22-10-13/h2-7,10-11H,8-9H2,1H3. The molecular weight excluding hydrogens is 348 g/mol. The second-order valence-corrected chi connectivity index (χ2v) is 7.22. The van der Waals surface area contributed by atoms with Crippen LogP contribution in [-0.2, 0) is 17.8 Å². The second kappa shape index (κ2) is 7.25. The van der Waals surface area contributed by atoms with Gasteiger partial charge in [-0.2, -0.15) is 11.3 Å². The number of nitrogens with zero attached hydrogens (tertiary/aromatic N) is 2. The van der Waals surface area contributed by atoms with Crippen LogP contribution < -0.4 is 0 Å². The average Bonchev–Trinajstić information content (AvgIpc) is 3.20. The first-order valence-electron chi connectivity index (χ1n) is 7.08. The zero-order valence-corrected chi connectivity index (χ0v) is 14.9. The van der Waals surface area contributed by atoms with E-state index < -0.39 is 0 Å². The zero-order valence-electron chi connectivity index (χ0n) is 12.5. The highest BCUT2D eigenvalue weighted by Crippen LogP contribution is 2.26. The van der Waals surface area contributed by atoms with Crippen LogP contribution in [0.3, 0.4) is 0 Å². The number of carbonyl (C=O) groups is 1. The van der Waals surface area contributed by atoms with Crippen molar-refractivity contribution in [3.63, 3.8) is 0 Å². The van der Waals surface area contributed by atoms with Crippen LogP contribution in [0.15, 0.2) is 46.5 Å². The Morgan fingerprint density at radius 3 is 2.83 bits per heavy atom. The molecule has 0 aliphatic rings. The quantitative estimate of drug-likeness (QED) is 0.657. The van der Waals surface area contributed by atoms with E-state index in [0.29, 0.717) is 18.0 Å². The highest BCUT2D eigenvalue weighted by molar-refractivity contribution is 7.14. The zero-order chi connectivity index (χ0) is 16.2. The highest BCUT2D eigenvalue weighted by Gasteiger charge is 2.14. The van der Waals surface area contributed by atoms with Crippen LogP contribution in [0.25, 0.3) is 10.6 Å². The Kier molecular flexibility index (Phi) is 5.10. The Bertz CT molecular complexity index is 799. The van der Waals surface area contributed by atoms with Gasteiger partial charge in [0.1, 0.15) is 5.01 Å². The molecule has 0 N–H and O–H groups in total. The smallest absolute Gasteiger partial charge is 0.228 e. The third-order valence-electron chi connectivity index (χ3n) is 3.44. The summed E-state index contributed by atoms with van der Waals surface area (Å²) in [6, 6.07) is 9.62. The van der Waals surface area contributed by atoms with Crippen LogP contribution >= 0.6 is 34.3 Å². The lowest BCUT2D eigenvalue weighted by atomic mass is 10.2. The number of thiazole rings is 1. The Labute approximate surface area is 148 Å². The normalized spacial score (nSPS) is 10.7. The lowest BCUT2D eigenvalue weighted by molar-refractivity contribution is -0.129. The number of hydrogen-bond acceptors (Lipinski definition) is 4. The van der Waals surface area contributed by atoms with Gasteiger partial charge in [0, 0.05) is 34.9 Å². The van der Waals surface area contributed by atoms with E-state index in [1.807, 2.05) is 41.1 Å². The minimum atomic E-state index is 0.0343. The van der Waals surface area contributed by atoms with Crippen molar-refractivity contribution < 1.29 is 4.79 Å². The van der Waals surface area contributed by atoms with Crippen LogP contribution in [0.1, 0.15) is 11.3 Å². The molecule has 0 saturated heterocycles. The number of amides is 1. The van der Waals surface area contributed by atoms with Crippen molar-refractivity contribution in [2.75, 3.05) is 7.05 Å². The number of likely N-dealkylation sites (N-methyl/N-ethyl adjacent to an activating group) is 1. The first-order chi connectivity index (χ1) is 11.1. The fourth-order valence-electron chi connectivity index (χ4n) is 2.17. The van der Waals surface area contributed by atoms with Crippen molar-refractivity contribution in [2.24, 2.45) is 0 Å². The first kappa shape index (κ1) is 16.2. The molecule has 0 bridgehead atoms. The molecule has 2 aromatic heterocycles. The van der Waals surface area contributed by atoms with Crippen LogP contribution in [0.2, 0.25) is 5.02 Å². The molecule has 0 atom stereocenters. The van der Waals surface area contributed by atoms with Gasteiger partial charge in [-0.3, -0.25) is 4.79 Å². The molecule has 118 valence electrons. The molecule has 3 nitrogen and oxygen atoms in total. The molecule has 0 radical (unpaired) electrons. The van der Waals surface area contributed by atoms with Crippen molar-refractivity contribution in [1.82, 2.24) is 9.88 Å². The lowest BCUT2D eigenvalue weighted by Gasteiger charge is -2.17. The van der Waals surface area contributed by atoms with E-state index in [-0.39, 0.29) is 5.91 Å². The third kappa shape index (κ3) is 3.99. The molecule has 0 aliphatic carbocycles. The molecule has 6 heteroatoms. The molecule has 0 unspecified atom stereocenters. The Morgan fingerprint density at radius 2 is 2.09 bits per heavy atom. The van der Waals surface area contributed by atoms with Gasteiger partial charge < -0.3 is 4.90 Å². The number of aromatic nitrogens is 1. The van der Waals surface area contributed by atoms with E-state index in [1.165, 1.54) is 0 Å². The van der Waals surface area contributed by atoms with Crippen molar-refractivity contribution >= 4 is 40.2 Å². The number of halogens is 1. The second-order valence-electron chi connectivity index (χ2n) is 5.17. The fraction of sp³-hybridized carbons (Fsp3) is 0.176. The summed E-state index contributed by atoms with van der Waals surface area (Å²) in [6.07, 6.45) is 0.307. The summed E-state index contributed by atoms with van der Waals surface area (Å²) < 4.78 is 0. The van der Waals surface area contributed by atoms with Gasteiger partial charge in [-0.05, 0) is 23.1 Å². The van der Waals surface area contributed by atoms with Crippen LogP contribution in [0.5, 0.6) is 0 Å². The number of thiophene rings is 1. The molecule has 23 heavy (non-hydrogen) atoms. The van der Waals surface area contributed by atoms with Gasteiger partial charge in [0.25, 0.3) is 0 Å². The Hall–Kier alpha value is -1.69. The summed E-state index contributed by atoms with van der Waals surface area (Å²) in [5, 5.41) is 7.68. The van der Waals surface area contributed by atoms with Gasteiger partial charge in [0.2, 0.25) is 5.91 Å². The first-order valence-corrected chi connectivity index (χ1v) is 9.28. The Balaban J connectivity index is 1.64. The fourth-order valence-corrected chi connectivity index (χ4v) is 3.89. The minimum Gasteiger partial charge on any atom is -0.341 e. The summed E-state index contributed by atoms with van der Waals surface area (Å²) in [6.45, 7) is 0.500. The van der Waals surface area contributed by atoms with Crippen LogP contribution in [-0.4, -0.2) is 22.8 Å². The van der Waals surface area contributed by atoms with Crippen LogP contribution in [0.4, 0.5) is 0 Å². The van der Waals surface area contributed by atoms with E-state index in [4.69, 9.17) is 11.6 Å². The largest absolute Gasteiger partial charge is 0.341 e. The van der Waals surface area contributed by atoms with Crippen molar-refractivity contribution in [1.29, 1.82) is 0 Å². The topological polar surface area (TPSA) is 33.2 Å². The van der Waals surface area contributed by atoms with E-state index >= 15 is 0 Å². The van der Waals surface area contributed by atoms with Crippen molar-refractivity contribution in [3.05, 3.63) is 62.8 Å². The van der Waals surface area contributed by atoms with Gasteiger partial charge in [0.05, 0.1) is 12.1 Å². The number of carbonyl (C=O) groups excluding carboxylic acids is 1. The highest BCUT2D eigenvalue weighted by atomic mass is 35.5. The molecular formula is C17H15ClN2OS2. The molecule has 2 heterocycles. The average molecular weight is 363 g/mol. The number of rotatable bonds is 5. The van der Waals surface area contributed by atoms with E-state index in [1.54, 1.807) is 34.6 Å². The van der Waals surface area contributed by atoms with Crippen LogP contribution in [0, 0.1) is 0 Å². The maximum atomic E-state index is 12.4. The maximum Gasteiger partial charge on any atom is 0.228 e. The monoisotopic (exact) mass is 362 g/mol. The van der Waals surface area contributed by atoms with E-state index in [0.717, 1.165) is 21.8 Å². The SMILES string of the molecule is CN(Cc1ccccc1Cl)C(=O)Cc1csc(-c2ccsc2)n1. The van der Waals surface area contributed by atoms with Gasteiger partial charge in [0.15, 0.2) is 0 Å². The summed E-state index contributed by atoms with van der Waals surface area (Å²) in [7, 11) is 1.79. The van der Waals surface area contributed by atoms with E-state index in [9.17, 15) is 4.79 Å². The predicted octanol–water partition coefficient (Wildman–Crippen LogP) is 4.73. The maximum absolute atomic E-state index is 12.4. The summed E-state index contributed by atoms with van der Waals surface area (Å²) >= 11 is 9.36. The molecule has 3 aromatic rings. The molecule has 1 amide bonds. The lowest BCUT2D eigenvalue weighted by Crippen LogP contribution is -2.27. The molecule has 1 aromatic carbocycles. The van der Waals surface area contributed by atoms with Gasteiger partial charge in [-0.15, -0.1) is 11.3 Å². The van der Waals surface area contributed by atoms with Crippen molar-refractivity contribution in [3.8, 4) is 10.6 Å². The summed E-state index contributed by atoms with van der Waals surface area (Å²) in [5.74, 6) is 0.0343. The molecule has 0 saturated carbocycles. The summed E-state index contributed by atoms with van der Waals surface area (Å²) in [5.41, 5.74) is 2.87. The molecule has 0 aliphatic heterocycles. The number of hydrogen-bond donors (Lipinski definition) is 0. The van der Waals surface area contributed by atoms with E-state index in [2.05, 4.69) is 10.4 Å².